The molecule has 1 N–H and O–H groups in total. The van der Waals surface area contributed by atoms with Crippen molar-refractivity contribution in [2.75, 3.05) is 13.2 Å². The lowest BCUT2D eigenvalue weighted by atomic mass is 10.1. The number of ether oxygens (including phenoxy) is 2. The minimum atomic E-state index is 0.264. The van der Waals surface area contributed by atoms with Crippen molar-refractivity contribution >= 4 is 0 Å². The molecule has 1 aliphatic rings. The summed E-state index contributed by atoms with van der Waals surface area (Å²) < 4.78 is 11.6. The van der Waals surface area contributed by atoms with Crippen molar-refractivity contribution in [3.63, 3.8) is 0 Å². The molecule has 1 aromatic carbocycles. The minimum absolute atomic E-state index is 0.264. The second kappa shape index (κ2) is 7.51. The predicted octanol–water partition coefficient (Wildman–Crippen LogP) is 3.13. The molecule has 0 aliphatic carbocycles. The number of para-hydroxylation sites is 1. The Balaban J connectivity index is 1.87. The van der Waals surface area contributed by atoms with Crippen LogP contribution in [-0.4, -0.2) is 25.4 Å². The molecule has 0 aromatic heterocycles. The standard InChI is InChI=1S/C16H25NO2/c1-13(2)17-11-14-7-3-4-9-16(14)19-12-15-8-5-6-10-18-15/h3-4,7,9,13,15,17H,5-6,8,10-12H2,1-2H3. The summed E-state index contributed by atoms with van der Waals surface area (Å²) in [4.78, 5) is 0. The number of benzene rings is 1. The van der Waals surface area contributed by atoms with Gasteiger partial charge in [-0.15, -0.1) is 0 Å². The average molecular weight is 263 g/mol. The maximum atomic E-state index is 5.94. The molecule has 0 radical (unpaired) electrons. The zero-order valence-electron chi connectivity index (χ0n) is 12.0. The molecule has 1 aliphatic heterocycles. The highest BCUT2D eigenvalue weighted by Crippen LogP contribution is 2.20. The summed E-state index contributed by atoms with van der Waals surface area (Å²) in [7, 11) is 0. The molecule has 1 heterocycles. The largest absolute Gasteiger partial charge is 0.491 e. The Morgan fingerprint density at radius 1 is 1.32 bits per heavy atom. The van der Waals surface area contributed by atoms with Crippen molar-refractivity contribution in [3.05, 3.63) is 29.8 Å². The lowest BCUT2D eigenvalue weighted by Gasteiger charge is -2.23. The van der Waals surface area contributed by atoms with Crippen LogP contribution < -0.4 is 10.1 Å². The fourth-order valence-corrected chi connectivity index (χ4v) is 2.23. The molecule has 1 aromatic rings. The molecular weight excluding hydrogens is 238 g/mol. The Morgan fingerprint density at radius 2 is 2.16 bits per heavy atom. The van der Waals surface area contributed by atoms with Crippen LogP contribution in [0.1, 0.15) is 38.7 Å². The molecule has 1 fully saturated rings. The van der Waals surface area contributed by atoms with E-state index in [1.54, 1.807) is 0 Å². The molecule has 3 nitrogen and oxygen atoms in total. The van der Waals surface area contributed by atoms with Crippen molar-refractivity contribution in [1.82, 2.24) is 5.32 Å². The summed E-state index contributed by atoms with van der Waals surface area (Å²) in [6.45, 7) is 6.70. The molecule has 0 saturated carbocycles. The molecular formula is C16H25NO2. The van der Waals surface area contributed by atoms with Crippen molar-refractivity contribution in [1.29, 1.82) is 0 Å². The monoisotopic (exact) mass is 263 g/mol. The Kier molecular flexibility index (Phi) is 5.67. The molecule has 0 spiro atoms. The van der Waals surface area contributed by atoms with Crippen molar-refractivity contribution < 1.29 is 9.47 Å². The first-order valence-electron chi connectivity index (χ1n) is 7.31. The highest BCUT2D eigenvalue weighted by Gasteiger charge is 2.15. The van der Waals surface area contributed by atoms with E-state index in [0.717, 1.165) is 25.3 Å². The second-order valence-electron chi connectivity index (χ2n) is 5.44. The zero-order chi connectivity index (χ0) is 13.5. The van der Waals surface area contributed by atoms with Gasteiger partial charge in [-0.3, -0.25) is 0 Å². The highest BCUT2D eigenvalue weighted by molar-refractivity contribution is 5.33. The smallest absolute Gasteiger partial charge is 0.123 e. The van der Waals surface area contributed by atoms with Crippen LogP contribution in [-0.2, 0) is 11.3 Å². The van der Waals surface area contributed by atoms with Gasteiger partial charge in [0.2, 0.25) is 0 Å². The number of rotatable bonds is 6. The normalized spacial score (nSPS) is 19.6. The molecule has 0 amide bonds. The number of hydrogen-bond acceptors (Lipinski definition) is 3. The van der Waals surface area contributed by atoms with E-state index in [4.69, 9.17) is 9.47 Å². The minimum Gasteiger partial charge on any atom is -0.491 e. The molecule has 0 bridgehead atoms. The fourth-order valence-electron chi connectivity index (χ4n) is 2.23. The zero-order valence-corrected chi connectivity index (χ0v) is 12.0. The highest BCUT2D eigenvalue weighted by atomic mass is 16.5. The van der Waals surface area contributed by atoms with Gasteiger partial charge in [0.15, 0.2) is 0 Å². The van der Waals surface area contributed by atoms with E-state index in [1.165, 1.54) is 18.4 Å². The second-order valence-corrected chi connectivity index (χ2v) is 5.44. The Labute approximate surface area is 116 Å². The third-order valence-electron chi connectivity index (χ3n) is 3.37. The van der Waals surface area contributed by atoms with E-state index >= 15 is 0 Å². The first-order valence-corrected chi connectivity index (χ1v) is 7.31. The third-order valence-corrected chi connectivity index (χ3v) is 3.37. The topological polar surface area (TPSA) is 30.5 Å². The molecule has 1 atom stereocenters. The van der Waals surface area contributed by atoms with Crippen molar-refractivity contribution in [2.45, 2.75) is 51.8 Å². The summed E-state index contributed by atoms with van der Waals surface area (Å²) >= 11 is 0. The maximum absolute atomic E-state index is 5.94. The van der Waals surface area contributed by atoms with Crippen LogP contribution in [0.4, 0.5) is 0 Å². The van der Waals surface area contributed by atoms with Gasteiger partial charge in [0.05, 0.1) is 6.10 Å². The van der Waals surface area contributed by atoms with Crippen LogP contribution in [0.3, 0.4) is 0 Å². The molecule has 3 heteroatoms. The molecule has 1 saturated heterocycles. The molecule has 19 heavy (non-hydrogen) atoms. The van der Waals surface area contributed by atoms with Crippen LogP contribution in [0.25, 0.3) is 0 Å². The summed E-state index contributed by atoms with van der Waals surface area (Å²) in [6.07, 6.45) is 3.82. The Bertz CT molecular complexity index is 373. The van der Waals surface area contributed by atoms with E-state index in [1.807, 2.05) is 12.1 Å². The van der Waals surface area contributed by atoms with Gasteiger partial charge in [0.25, 0.3) is 0 Å². The first-order chi connectivity index (χ1) is 9.25. The van der Waals surface area contributed by atoms with E-state index in [9.17, 15) is 0 Å². The quantitative estimate of drug-likeness (QED) is 0.855. The summed E-state index contributed by atoms with van der Waals surface area (Å²) in [5, 5.41) is 3.43. The number of hydrogen-bond donors (Lipinski definition) is 1. The third kappa shape index (κ3) is 4.84. The van der Waals surface area contributed by atoms with E-state index in [0.29, 0.717) is 12.6 Å². The van der Waals surface area contributed by atoms with Gasteiger partial charge in [-0.25, -0.2) is 0 Å². The fraction of sp³-hybridized carbons (Fsp3) is 0.625. The average Bonchev–Trinajstić information content (AvgIpc) is 2.45. The molecule has 2 rings (SSSR count). The van der Waals surface area contributed by atoms with E-state index < -0.39 is 0 Å². The maximum Gasteiger partial charge on any atom is 0.123 e. The summed E-state index contributed by atoms with van der Waals surface area (Å²) in [6, 6.07) is 8.72. The Hall–Kier alpha value is -1.06. The first kappa shape index (κ1) is 14.4. The van der Waals surface area contributed by atoms with Gasteiger partial charge in [-0.05, 0) is 25.3 Å². The van der Waals surface area contributed by atoms with Crippen molar-refractivity contribution in [3.8, 4) is 5.75 Å². The molecule has 106 valence electrons. The SMILES string of the molecule is CC(C)NCc1ccccc1OCC1CCCCO1. The lowest BCUT2D eigenvalue weighted by Crippen LogP contribution is -2.26. The van der Waals surface area contributed by atoms with Crippen LogP contribution in [0.2, 0.25) is 0 Å². The van der Waals surface area contributed by atoms with Gasteiger partial charge < -0.3 is 14.8 Å². The van der Waals surface area contributed by atoms with Crippen molar-refractivity contribution in [2.24, 2.45) is 0 Å². The molecule has 1 unspecified atom stereocenters. The van der Waals surface area contributed by atoms with Crippen LogP contribution in [0, 0.1) is 0 Å². The van der Waals surface area contributed by atoms with Crippen LogP contribution in [0.15, 0.2) is 24.3 Å². The van der Waals surface area contributed by atoms with Gasteiger partial charge >= 0.3 is 0 Å². The van der Waals surface area contributed by atoms with E-state index in [2.05, 4.69) is 31.3 Å². The van der Waals surface area contributed by atoms with Crippen LogP contribution >= 0.6 is 0 Å². The van der Waals surface area contributed by atoms with Gasteiger partial charge in [0, 0.05) is 24.8 Å². The van der Waals surface area contributed by atoms with Crippen LogP contribution in [0.5, 0.6) is 5.75 Å². The van der Waals surface area contributed by atoms with Gasteiger partial charge in [-0.2, -0.15) is 0 Å². The summed E-state index contributed by atoms with van der Waals surface area (Å²) in [5.41, 5.74) is 1.21. The Morgan fingerprint density at radius 3 is 2.89 bits per heavy atom. The lowest BCUT2D eigenvalue weighted by molar-refractivity contribution is -0.0112. The van der Waals surface area contributed by atoms with E-state index in [-0.39, 0.29) is 6.10 Å². The number of nitrogens with one attached hydrogen (secondary N) is 1. The predicted molar refractivity (Wildman–Crippen MR) is 77.5 cm³/mol. The van der Waals surface area contributed by atoms with Gasteiger partial charge in [0.1, 0.15) is 12.4 Å². The van der Waals surface area contributed by atoms with Gasteiger partial charge in [-0.1, -0.05) is 32.0 Å². The summed E-state index contributed by atoms with van der Waals surface area (Å²) in [5.74, 6) is 0.977.